The van der Waals surface area contributed by atoms with Gasteiger partial charge in [-0.05, 0) is 25.7 Å². The molecule has 1 aliphatic carbocycles. The quantitative estimate of drug-likeness (QED) is 0.255. The number of ether oxygens (including phenoxy) is 1. The number of allylic oxidation sites excluding steroid dienone is 1. The zero-order valence-corrected chi connectivity index (χ0v) is 15.3. The molecule has 0 amide bonds. The molecule has 1 aliphatic rings. The van der Waals surface area contributed by atoms with E-state index in [0.717, 1.165) is 25.7 Å². The first kappa shape index (κ1) is 20.7. The second-order valence-electron chi connectivity index (χ2n) is 5.41. The van der Waals surface area contributed by atoms with Gasteiger partial charge in [0.25, 0.3) is 0 Å². The molecule has 0 aromatic heterocycles. The van der Waals surface area contributed by atoms with Gasteiger partial charge in [-0.15, -0.1) is 0 Å². The molecule has 2 atom stereocenters. The van der Waals surface area contributed by atoms with Crippen LogP contribution in [0.25, 0.3) is 0 Å². The van der Waals surface area contributed by atoms with E-state index >= 15 is 0 Å². The van der Waals surface area contributed by atoms with E-state index in [4.69, 9.17) is 4.74 Å². The number of esters is 1. The van der Waals surface area contributed by atoms with E-state index in [1.54, 1.807) is 0 Å². The van der Waals surface area contributed by atoms with Crippen LogP contribution in [0, 0.1) is 11.8 Å². The van der Waals surface area contributed by atoms with Crippen LogP contribution in [0.3, 0.4) is 0 Å². The third kappa shape index (κ3) is 8.03. The minimum absolute atomic E-state index is 0. The summed E-state index contributed by atoms with van der Waals surface area (Å²) in [6, 6.07) is 0. The Hall–Kier alpha value is -0.320. The molecule has 0 bridgehead atoms. The van der Waals surface area contributed by atoms with Gasteiger partial charge in [0.15, 0.2) is 0 Å². The van der Waals surface area contributed by atoms with Crippen molar-refractivity contribution in [1.29, 1.82) is 0 Å². The zero-order valence-electron chi connectivity index (χ0n) is 13.3. The third-order valence-corrected chi connectivity index (χ3v) is 3.83. The van der Waals surface area contributed by atoms with E-state index in [1.807, 2.05) is 12.2 Å². The molecule has 0 radical (unpaired) electrons. The number of carboxylic acid groups (broad SMARTS) is 1. The summed E-state index contributed by atoms with van der Waals surface area (Å²) in [5.41, 5.74) is 0. The molecule has 114 valence electrons. The van der Waals surface area contributed by atoms with Gasteiger partial charge >= 0.3 is 35.5 Å². The summed E-state index contributed by atoms with van der Waals surface area (Å²) < 4.78 is 5.15. The summed E-state index contributed by atoms with van der Waals surface area (Å²) in [5.74, 6) is -2.72. The Bertz CT molecular complexity index is 341. The third-order valence-electron chi connectivity index (χ3n) is 3.83. The van der Waals surface area contributed by atoms with Crippen LogP contribution in [0.2, 0.25) is 0 Å². The molecule has 0 aliphatic heterocycles. The van der Waals surface area contributed by atoms with Crippen molar-refractivity contribution < 1.29 is 49.0 Å². The summed E-state index contributed by atoms with van der Waals surface area (Å²) in [7, 11) is 0. The van der Waals surface area contributed by atoms with E-state index in [1.165, 1.54) is 12.8 Å². The van der Waals surface area contributed by atoms with Crippen LogP contribution >= 0.6 is 0 Å². The van der Waals surface area contributed by atoms with Crippen LogP contribution in [0.5, 0.6) is 0 Å². The van der Waals surface area contributed by atoms with Gasteiger partial charge in [-0.2, -0.15) is 0 Å². The molecule has 1 fully saturated rings. The van der Waals surface area contributed by atoms with E-state index in [9.17, 15) is 14.7 Å². The summed E-state index contributed by atoms with van der Waals surface area (Å²) >= 11 is 0. The predicted molar refractivity (Wildman–Crippen MR) is 74.7 cm³/mol. The number of rotatable bonds is 8. The average molecular weight is 304 g/mol. The molecule has 0 saturated heterocycles. The average Bonchev–Trinajstić information content (AvgIpc) is 2.46. The second kappa shape index (κ2) is 12.2. The monoisotopic (exact) mass is 304 g/mol. The number of aliphatic carboxylic acids is 1. The molecule has 0 aromatic rings. The SMILES string of the molecule is CCCCC/C=C/COC(=O)C1CCCCC1C(=O)[O-].[Na+]. The zero-order chi connectivity index (χ0) is 14.8. The Balaban J connectivity index is 0.00000400. The number of unbranched alkanes of at least 4 members (excludes halogenated alkanes) is 3. The van der Waals surface area contributed by atoms with Gasteiger partial charge in [-0.3, -0.25) is 4.79 Å². The smallest absolute Gasteiger partial charge is 0.550 e. The first-order valence-corrected chi connectivity index (χ1v) is 7.69. The van der Waals surface area contributed by atoms with Gasteiger partial charge in [-0.25, -0.2) is 0 Å². The Labute approximate surface area is 149 Å². The normalized spacial score (nSPS) is 21.8. The maximum absolute atomic E-state index is 11.9. The van der Waals surface area contributed by atoms with Crippen LogP contribution < -0.4 is 34.7 Å². The number of carbonyl (C=O) groups is 2. The van der Waals surface area contributed by atoms with Gasteiger partial charge in [-0.1, -0.05) is 44.8 Å². The van der Waals surface area contributed by atoms with Crippen molar-refractivity contribution in [3.05, 3.63) is 12.2 Å². The Kier molecular flexibility index (Phi) is 12.1. The van der Waals surface area contributed by atoms with E-state index in [0.29, 0.717) is 12.8 Å². The molecule has 0 spiro atoms. The van der Waals surface area contributed by atoms with Crippen LogP contribution in [0.4, 0.5) is 0 Å². The fourth-order valence-corrected chi connectivity index (χ4v) is 2.63. The molecule has 21 heavy (non-hydrogen) atoms. The molecule has 0 N–H and O–H groups in total. The summed E-state index contributed by atoms with van der Waals surface area (Å²) in [6.45, 7) is 2.39. The molecular weight excluding hydrogens is 279 g/mol. The van der Waals surface area contributed by atoms with Crippen molar-refractivity contribution in [3.63, 3.8) is 0 Å². The summed E-state index contributed by atoms with van der Waals surface area (Å²) in [6.07, 6.45) is 11.2. The minimum Gasteiger partial charge on any atom is -0.550 e. The molecule has 0 heterocycles. The van der Waals surface area contributed by atoms with Gasteiger partial charge in [0.2, 0.25) is 0 Å². The van der Waals surface area contributed by atoms with Crippen molar-refractivity contribution >= 4 is 11.9 Å². The molecule has 2 unspecified atom stereocenters. The minimum atomic E-state index is -1.12. The van der Waals surface area contributed by atoms with E-state index in [2.05, 4.69) is 6.92 Å². The van der Waals surface area contributed by atoms with E-state index < -0.39 is 23.8 Å². The standard InChI is InChI=1S/C16H26O4.Na/c1-2-3-4-5-6-9-12-20-16(19)14-11-8-7-10-13(14)15(17)18;/h6,9,13-14H,2-5,7-8,10-12H2,1H3,(H,17,18);/q;+1/p-1/b9-6+;. The topological polar surface area (TPSA) is 66.4 Å². The first-order chi connectivity index (χ1) is 9.66. The maximum atomic E-state index is 11.9. The largest absolute Gasteiger partial charge is 1.00 e. The van der Waals surface area contributed by atoms with Gasteiger partial charge < -0.3 is 14.6 Å². The summed E-state index contributed by atoms with van der Waals surface area (Å²) in [4.78, 5) is 22.9. The first-order valence-electron chi connectivity index (χ1n) is 7.69. The predicted octanol–water partition coefficient (Wildman–Crippen LogP) is -0.774. The van der Waals surface area contributed by atoms with E-state index in [-0.39, 0.29) is 36.2 Å². The van der Waals surface area contributed by atoms with Crippen molar-refractivity contribution in [2.24, 2.45) is 11.8 Å². The molecular formula is C16H25NaO4. The maximum Gasteiger partial charge on any atom is 1.00 e. The van der Waals surface area contributed by atoms with Crippen LogP contribution in [0.15, 0.2) is 12.2 Å². The molecule has 0 aromatic carbocycles. The van der Waals surface area contributed by atoms with Gasteiger partial charge in [0.05, 0.1) is 5.92 Å². The summed E-state index contributed by atoms with van der Waals surface area (Å²) in [5, 5.41) is 11.0. The number of carbonyl (C=O) groups excluding carboxylic acids is 2. The van der Waals surface area contributed by atoms with Gasteiger partial charge in [0.1, 0.15) is 6.61 Å². The fourth-order valence-electron chi connectivity index (χ4n) is 2.63. The van der Waals surface area contributed by atoms with Crippen molar-refractivity contribution in [2.45, 2.75) is 58.3 Å². The van der Waals surface area contributed by atoms with Crippen molar-refractivity contribution in [2.75, 3.05) is 6.61 Å². The van der Waals surface area contributed by atoms with Gasteiger partial charge in [0, 0.05) is 11.9 Å². The van der Waals surface area contributed by atoms with Crippen LogP contribution in [-0.4, -0.2) is 18.5 Å². The van der Waals surface area contributed by atoms with Crippen LogP contribution in [-0.2, 0) is 14.3 Å². The van der Waals surface area contributed by atoms with Crippen LogP contribution in [0.1, 0.15) is 58.3 Å². The fraction of sp³-hybridized carbons (Fsp3) is 0.750. The molecule has 4 nitrogen and oxygen atoms in total. The second-order valence-corrected chi connectivity index (χ2v) is 5.41. The molecule has 1 saturated carbocycles. The Morgan fingerprint density at radius 2 is 1.81 bits per heavy atom. The van der Waals surface area contributed by atoms with Crippen molar-refractivity contribution in [1.82, 2.24) is 0 Å². The Morgan fingerprint density at radius 1 is 1.14 bits per heavy atom. The number of carboxylic acids is 1. The number of hydrogen-bond donors (Lipinski definition) is 0. The number of hydrogen-bond acceptors (Lipinski definition) is 4. The Morgan fingerprint density at radius 3 is 2.43 bits per heavy atom. The molecule has 1 rings (SSSR count). The van der Waals surface area contributed by atoms with Crippen molar-refractivity contribution in [3.8, 4) is 0 Å². The molecule has 5 heteroatoms.